The first-order valence-corrected chi connectivity index (χ1v) is 13.4. The molecule has 30 heavy (non-hydrogen) atoms. The molecule has 1 saturated carbocycles. The number of para-hydroxylation sites is 2. The van der Waals surface area contributed by atoms with Crippen LogP contribution in [0.5, 0.6) is 11.5 Å². The number of hydrogen-bond donors (Lipinski definition) is 0. The van der Waals surface area contributed by atoms with Crippen molar-refractivity contribution in [1.29, 1.82) is 0 Å². The predicted molar refractivity (Wildman–Crippen MR) is 125 cm³/mol. The van der Waals surface area contributed by atoms with Crippen molar-refractivity contribution in [2.45, 2.75) is 90.2 Å². The number of ether oxygens (including phenoxy) is 2. The lowest BCUT2D eigenvalue weighted by Crippen LogP contribution is -2.34. The molecule has 5 heteroatoms. The van der Waals surface area contributed by atoms with Crippen molar-refractivity contribution >= 4 is 9.84 Å². The predicted octanol–water partition coefficient (Wildman–Crippen LogP) is 6.43. The molecule has 1 aliphatic carbocycles. The largest absolute Gasteiger partial charge is 0.490 e. The Labute approximate surface area is 184 Å². The van der Waals surface area contributed by atoms with E-state index in [2.05, 4.69) is 0 Å². The molecule has 0 saturated heterocycles. The zero-order chi connectivity index (χ0) is 22.0. The van der Waals surface area contributed by atoms with Gasteiger partial charge in [-0.3, -0.25) is 0 Å². The Kier molecular flexibility index (Phi) is 9.99. The molecule has 0 heterocycles. The lowest BCUT2D eigenvalue weighted by molar-refractivity contribution is 0.262. The smallest absolute Gasteiger partial charge is 0.161 e. The van der Waals surface area contributed by atoms with Crippen LogP contribution in [0, 0.1) is 11.8 Å². The van der Waals surface area contributed by atoms with Gasteiger partial charge in [0.25, 0.3) is 0 Å². The van der Waals surface area contributed by atoms with Crippen molar-refractivity contribution in [3.05, 3.63) is 24.3 Å². The van der Waals surface area contributed by atoms with Crippen molar-refractivity contribution in [1.82, 2.24) is 0 Å². The van der Waals surface area contributed by atoms with Gasteiger partial charge < -0.3 is 9.47 Å². The summed E-state index contributed by atoms with van der Waals surface area (Å²) in [6.45, 7) is 8.81. The summed E-state index contributed by atoms with van der Waals surface area (Å²) in [5, 5.41) is 0. The molecule has 0 amide bonds. The van der Waals surface area contributed by atoms with Crippen LogP contribution in [0.1, 0.15) is 85.5 Å². The minimum atomic E-state index is -2.99. The maximum Gasteiger partial charge on any atom is 0.161 e. The third-order valence-corrected chi connectivity index (χ3v) is 9.04. The number of sulfone groups is 1. The molecule has 1 aromatic carbocycles. The second kappa shape index (κ2) is 12.0. The van der Waals surface area contributed by atoms with Crippen LogP contribution in [0.3, 0.4) is 0 Å². The van der Waals surface area contributed by atoms with Crippen LogP contribution in [0.15, 0.2) is 24.3 Å². The molecule has 172 valence electrons. The van der Waals surface area contributed by atoms with Gasteiger partial charge in [-0.2, -0.15) is 0 Å². The highest BCUT2D eigenvalue weighted by atomic mass is 32.2. The summed E-state index contributed by atoms with van der Waals surface area (Å²) in [5.41, 5.74) is 0. The van der Waals surface area contributed by atoms with Crippen LogP contribution in [-0.2, 0) is 9.84 Å². The van der Waals surface area contributed by atoms with Crippen molar-refractivity contribution in [2.75, 3.05) is 19.0 Å². The van der Waals surface area contributed by atoms with E-state index in [0.717, 1.165) is 43.3 Å². The van der Waals surface area contributed by atoms with E-state index in [9.17, 15) is 8.42 Å². The number of unbranched alkanes of at least 4 members (excludes halogenated alkanes) is 3. The Morgan fingerprint density at radius 3 is 2.03 bits per heavy atom. The van der Waals surface area contributed by atoms with E-state index in [1.807, 2.05) is 52.0 Å². The van der Waals surface area contributed by atoms with Crippen molar-refractivity contribution in [3.63, 3.8) is 0 Å². The summed E-state index contributed by atoms with van der Waals surface area (Å²) in [6, 6.07) is 7.86. The Morgan fingerprint density at radius 1 is 0.867 bits per heavy atom. The molecule has 0 radical (unpaired) electrons. The van der Waals surface area contributed by atoms with Gasteiger partial charge in [0.1, 0.15) is 0 Å². The molecule has 0 spiro atoms. The van der Waals surface area contributed by atoms with Crippen molar-refractivity contribution < 1.29 is 17.9 Å². The van der Waals surface area contributed by atoms with Gasteiger partial charge in [-0.15, -0.1) is 0 Å². The Balaban J connectivity index is 1.54. The molecule has 0 unspecified atom stereocenters. The standard InChI is InChI=1S/C25H42O4S/c1-5-28-23-13-9-10-14-24(23)29-19-11-7-6-8-12-21-15-17-22(18-16-21)20-30(26,27)25(2,3)4/h9-10,13-14,21-22H,5-8,11-12,15-20H2,1-4H3. The summed E-state index contributed by atoms with van der Waals surface area (Å²) in [7, 11) is -2.99. The molecule has 1 fully saturated rings. The van der Waals surface area contributed by atoms with Crippen LogP contribution >= 0.6 is 0 Å². The van der Waals surface area contributed by atoms with Gasteiger partial charge in [0.05, 0.1) is 23.7 Å². The SMILES string of the molecule is CCOc1ccccc1OCCCCCCC1CCC(CS(=O)(=O)C(C)(C)C)CC1. The highest BCUT2D eigenvalue weighted by molar-refractivity contribution is 7.92. The van der Waals surface area contributed by atoms with Crippen LogP contribution < -0.4 is 9.47 Å². The van der Waals surface area contributed by atoms with Gasteiger partial charge >= 0.3 is 0 Å². The normalized spacial score (nSPS) is 20.1. The molecule has 0 atom stereocenters. The second-order valence-electron chi connectivity index (χ2n) is 9.71. The second-order valence-corrected chi connectivity index (χ2v) is 12.5. The first-order chi connectivity index (χ1) is 14.2. The van der Waals surface area contributed by atoms with Crippen molar-refractivity contribution in [2.24, 2.45) is 11.8 Å². The molecular formula is C25H42O4S. The topological polar surface area (TPSA) is 52.6 Å². The zero-order valence-corrected chi connectivity index (χ0v) is 20.3. The van der Waals surface area contributed by atoms with Gasteiger partial charge in [0, 0.05) is 0 Å². The summed E-state index contributed by atoms with van der Waals surface area (Å²) >= 11 is 0. The highest BCUT2D eigenvalue weighted by Gasteiger charge is 2.33. The number of hydrogen-bond acceptors (Lipinski definition) is 4. The third-order valence-electron chi connectivity index (χ3n) is 6.27. The molecule has 0 aliphatic heterocycles. The van der Waals surface area contributed by atoms with Gasteiger partial charge in [-0.25, -0.2) is 8.42 Å². The highest BCUT2D eigenvalue weighted by Crippen LogP contribution is 2.34. The van der Waals surface area contributed by atoms with Crippen LogP contribution in [0.2, 0.25) is 0 Å². The molecule has 1 aliphatic rings. The maximum absolute atomic E-state index is 12.4. The van der Waals surface area contributed by atoms with Gasteiger partial charge in [-0.05, 0) is 70.9 Å². The van der Waals surface area contributed by atoms with E-state index in [0.29, 0.717) is 18.3 Å². The third kappa shape index (κ3) is 8.13. The molecule has 0 N–H and O–H groups in total. The van der Waals surface area contributed by atoms with Crippen LogP contribution in [0.4, 0.5) is 0 Å². The van der Waals surface area contributed by atoms with Gasteiger partial charge in [-0.1, -0.05) is 50.7 Å². The van der Waals surface area contributed by atoms with E-state index in [4.69, 9.17) is 9.47 Å². The summed E-state index contributed by atoms with van der Waals surface area (Å²) < 4.78 is 35.7. The van der Waals surface area contributed by atoms with Gasteiger partial charge in [0.2, 0.25) is 0 Å². The van der Waals surface area contributed by atoms with Crippen LogP contribution in [-0.4, -0.2) is 32.1 Å². The molecule has 0 aromatic heterocycles. The first-order valence-electron chi connectivity index (χ1n) is 11.8. The van der Waals surface area contributed by atoms with Crippen molar-refractivity contribution in [3.8, 4) is 11.5 Å². The Bertz CT molecular complexity index is 713. The Morgan fingerprint density at radius 2 is 1.43 bits per heavy atom. The maximum atomic E-state index is 12.4. The van der Waals surface area contributed by atoms with E-state index < -0.39 is 14.6 Å². The molecule has 2 rings (SSSR count). The lowest BCUT2D eigenvalue weighted by Gasteiger charge is -2.30. The minimum absolute atomic E-state index is 0.363. The summed E-state index contributed by atoms with van der Waals surface area (Å²) in [6.07, 6.45) is 10.6. The molecule has 4 nitrogen and oxygen atoms in total. The monoisotopic (exact) mass is 438 g/mol. The molecule has 0 bridgehead atoms. The number of benzene rings is 1. The fraction of sp³-hybridized carbons (Fsp3) is 0.760. The van der Waals surface area contributed by atoms with E-state index >= 15 is 0 Å². The quantitative estimate of drug-likeness (QED) is 0.353. The zero-order valence-electron chi connectivity index (χ0n) is 19.5. The van der Waals surface area contributed by atoms with Crippen LogP contribution in [0.25, 0.3) is 0 Å². The molecular weight excluding hydrogens is 396 g/mol. The molecule has 1 aromatic rings. The Hall–Kier alpha value is -1.23. The lowest BCUT2D eigenvalue weighted by atomic mass is 9.80. The van der Waals surface area contributed by atoms with E-state index in [1.165, 1.54) is 38.5 Å². The van der Waals surface area contributed by atoms with Gasteiger partial charge in [0.15, 0.2) is 21.3 Å². The average molecular weight is 439 g/mol. The summed E-state index contributed by atoms with van der Waals surface area (Å²) in [4.78, 5) is 0. The minimum Gasteiger partial charge on any atom is -0.490 e. The summed E-state index contributed by atoms with van der Waals surface area (Å²) in [5.74, 6) is 3.18. The van der Waals surface area contributed by atoms with E-state index in [-0.39, 0.29) is 0 Å². The fourth-order valence-electron chi connectivity index (χ4n) is 4.16. The van der Waals surface area contributed by atoms with E-state index in [1.54, 1.807) is 0 Å². The number of rotatable bonds is 12. The first kappa shape index (κ1) is 25.0. The fourth-order valence-corrected chi connectivity index (χ4v) is 5.62. The average Bonchev–Trinajstić information content (AvgIpc) is 2.69.